The second-order valence-electron chi connectivity index (χ2n) is 8.41. The molecule has 18 heavy (non-hydrogen) atoms. The van der Waals surface area contributed by atoms with Gasteiger partial charge in [-0.25, -0.2) is 0 Å². The Balaban J connectivity index is 2.33. The van der Waals surface area contributed by atoms with Crippen molar-refractivity contribution >= 4 is 51.1 Å². The predicted octanol–water partition coefficient (Wildman–Crippen LogP) is 1.53. The smallest absolute Gasteiger partial charge is 0.0671 e. The molecule has 0 aliphatic carbocycles. The van der Waals surface area contributed by atoms with Gasteiger partial charge >= 0.3 is 0 Å². The van der Waals surface area contributed by atoms with E-state index in [-0.39, 0.29) is 0 Å². The fraction of sp³-hybridized carbons (Fsp3) is 0.571. The van der Waals surface area contributed by atoms with Gasteiger partial charge in [0.25, 0.3) is 0 Å². The molecule has 0 N–H and O–H groups in total. The molecule has 0 atom stereocenters. The van der Waals surface area contributed by atoms with Gasteiger partial charge in [0.15, 0.2) is 0 Å². The number of hydrogen-bond donors (Lipinski definition) is 0. The van der Waals surface area contributed by atoms with E-state index in [9.17, 15) is 0 Å². The maximum atomic E-state index is 2.65. The SMILES string of the molecule is C[Si]1(C)c2ccc3c(c2[Si]1(C)C)[Si](C)(C)[Si]3(C)C. The summed E-state index contributed by atoms with van der Waals surface area (Å²) in [5.74, 6) is 0. The molecule has 98 valence electrons. The van der Waals surface area contributed by atoms with Gasteiger partial charge in [0.05, 0.1) is 30.4 Å². The predicted molar refractivity (Wildman–Crippen MR) is 94.9 cm³/mol. The Bertz CT molecular complexity index is 516. The van der Waals surface area contributed by atoms with Gasteiger partial charge in [-0.2, -0.15) is 0 Å². The van der Waals surface area contributed by atoms with Crippen molar-refractivity contribution in [1.29, 1.82) is 0 Å². The molecule has 0 fully saturated rings. The van der Waals surface area contributed by atoms with Crippen LogP contribution >= 0.6 is 0 Å². The van der Waals surface area contributed by atoms with Crippen LogP contribution in [0.4, 0.5) is 0 Å². The number of hydrogen-bond acceptors (Lipinski definition) is 0. The lowest BCUT2D eigenvalue weighted by Crippen LogP contribution is -2.97. The molecule has 1 aromatic carbocycles. The number of rotatable bonds is 0. The van der Waals surface area contributed by atoms with E-state index in [1.807, 2.05) is 20.7 Å². The summed E-state index contributed by atoms with van der Waals surface area (Å²) in [6.07, 6.45) is 0. The molecule has 0 bridgehead atoms. The highest BCUT2D eigenvalue weighted by Crippen LogP contribution is 2.32. The van der Waals surface area contributed by atoms with Gasteiger partial charge in [-0.05, 0) is 0 Å². The Hall–Kier alpha value is 0.0875. The topological polar surface area (TPSA) is 0 Å². The maximum Gasteiger partial charge on any atom is 0.0789 e. The van der Waals surface area contributed by atoms with Crippen LogP contribution in [0.1, 0.15) is 0 Å². The highest BCUT2D eigenvalue weighted by atomic mass is 29.3. The first-order valence-corrected chi connectivity index (χ1v) is 21.2. The van der Waals surface area contributed by atoms with E-state index in [2.05, 4.69) is 64.5 Å². The minimum atomic E-state index is -1.08. The summed E-state index contributed by atoms with van der Waals surface area (Å²) in [5, 5.41) is 7.56. The van der Waals surface area contributed by atoms with E-state index in [4.69, 9.17) is 0 Å². The molecular weight excluding hydrogens is 280 g/mol. The van der Waals surface area contributed by atoms with Gasteiger partial charge in [-0.1, -0.05) is 85.3 Å². The third kappa shape index (κ3) is 1.05. The lowest BCUT2D eigenvalue weighted by molar-refractivity contribution is 1.64. The average molecular weight is 307 g/mol. The molecule has 4 heteroatoms. The first-order valence-electron chi connectivity index (χ1n) is 7.16. The van der Waals surface area contributed by atoms with Gasteiger partial charge in [-0.15, -0.1) is 0 Å². The minimum Gasteiger partial charge on any atom is -0.0671 e. The van der Waals surface area contributed by atoms with Crippen molar-refractivity contribution in [2.24, 2.45) is 0 Å². The zero-order chi connectivity index (χ0) is 13.7. The molecular formula is C14H26Si4. The molecule has 2 heterocycles. The van der Waals surface area contributed by atoms with Crippen molar-refractivity contribution in [1.82, 2.24) is 0 Å². The summed E-state index contributed by atoms with van der Waals surface area (Å²) in [7, 11) is -4.26. The second kappa shape index (κ2) is 3.05. The van der Waals surface area contributed by atoms with Crippen molar-refractivity contribution in [3.63, 3.8) is 0 Å². The summed E-state index contributed by atoms with van der Waals surface area (Å²) < 4.78 is 0. The normalized spacial score (nSPS) is 27.6. The Kier molecular flexibility index (Phi) is 2.22. The Morgan fingerprint density at radius 1 is 0.500 bits per heavy atom. The van der Waals surface area contributed by atoms with Crippen LogP contribution in [0.2, 0.25) is 52.4 Å². The first kappa shape index (κ1) is 13.1. The maximum absolute atomic E-state index is 2.65. The molecule has 0 aromatic heterocycles. The van der Waals surface area contributed by atoms with E-state index in [0.717, 1.165) is 0 Å². The molecule has 0 saturated carbocycles. The fourth-order valence-electron chi connectivity index (χ4n) is 4.12. The summed E-state index contributed by atoms with van der Waals surface area (Å²) >= 11 is 0. The number of fused-ring (bicyclic) bond motifs is 3. The molecule has 1 aromatic rings. The summed E-state index contributed by atoms with van der Waals surface area (Å²) in [4.78, 5) is 0. The first-order chi connectivity index (χ1) is 7.97. The molecule has 0 saturated heterocycles. The molecule has 0 unspecified atom stereocenters. The van der Waals surface area contributed by atoms with Crippen LogP contribution in [-0.4, -0.2) is 30.4 Å². The van der Waals surface area contributed by atoms with Gasteiger partial charge in [0.1, 0.15) is 0 Å². The zero-order valence-corrected chi connectivity index (χ0v) is 17.2. The van der Waals surface area contributed by atoms with Gasteiger partial charge in [0.2, 0.25) is 0 Å². The van der Waals surface area contributed by atoms with Crippen LogP contribution in [0.15, 0.2) is 12.1 Å². The lowest BCUT2D eigenvalue weighted by Gasteiger charge is -2.61. The van der Waals surface area contributed by atoms with Crippen LogP contribution in [0.5, 0.6) is 0 Å². The third-order valence-corrected chi connectivity index (χ3v) is 42.9. The Morgan fingerprint density at radius 3 is 1.06 bits per heavy atom. The molecule has 0 radical (unpaired) electrons. The van der Waals surface area contributed by atoms with Crippen molar-refractivity contribution < 1.29 is 0 Å². The highest BCUT2D eigenvalue weighted by molar-refractivity contribution is 7.62. The third-order valence-electron chi connectivity index (χ3n) is 6.93. The average Bonchev–Trinajstić information content (AvgIpc) is 2.26. The Morgan fingerprint density at radius 2 is 0.778 bits per heavy atom. The monoisotopic (exact) mass is 306 g/mol. The molecule has 2 aliphatic heterocycles. The molecule has 2 aliphatic rings. The molecule has 3 rings (SSSR count). The van der Waals surface area contributed by atoms with E-state index in [1.54, 1.807) is 0 Å². The van der Waals surface area contributed by atoms with E-state index < -0.39 is 30.4 Å². The van der Waals surface area contributed by atoms with Crippen molar-refractivity contribution in [3.8, 4) is 0 Å². The standard InChI is InChI=1S/C14H26Si4/c1-15(2)11-9-10-12-14(13(11)17(15,5)6)18(7,8)16(12,3)4/h9-10H,1-8H3. The lowest BCUT2D eigenvalue weighted by atomic mass is 10.3. The van der Waals surface area contributed by atoms with E-state index in [0.29, 0.717) is 0 Å². The quantitative estimate of drug-likeness (QED) is 0.638. The minimum absolute atomic E-state index is 1.05. The summed E-state index contributed by atoms with van der Waals surface area (Å²) in [6, 6.07) is 5.08. The largest absolute Gasteiger partial charge is 0.0789 e. The van der Waals surface area contributed by atoms with E-state index >= 15 is 0 Å². The molecule has 0 amide bonds. The summed E-state index contributed by atoms with van der Waals surface area (Å²) in [6.45, 7) is 21.1. The van der Waals surface area contributed by atoms with Crippen LogP contribution in [0, 0.1) is 0 Å². The van der Waals surface area contributed by atoms with Gasteiger partial charge in [-0.3, -0.25) is 0 Å². The summed E-state index contributed by atoms with van der Waals surface area (Å²) in [5.41, 5.74) is 0. The van der Waals surface area contributed by atoms with Crippen LogP contribution in [0.3, 0.4) is 0 Å². The fourth-order valence-corrected chi connectivity index (χ4v) is 27.7. The second-order valence-corrected chi connectivity index (χ2v) is 38.5. The van der Waals surface area contributed by atoms with Crippen molar-refractivity contribution in [2.45, 2.75) is 52.4 Å². The highest BCUT2D eigenvalue weighted by Gasteiger charge is 2.63. The van der Waals surface area contributed by atoms with Gasteiger partial charge < -0.3 is 0 Å². The number of benzene rings is 1. The van der Waals surface area contributed by atoms with Gasteiger partial charge in [0, 0.05) is 0 Å². The van der Waals surface area contributed by atoms with E-state index in [1.165, 1.54) is 0 Å². The van der Waals surface area contributed by atoms with Crippen molar-refractivity contribution in [3.05, 3.63) is 12.1 Å². The van der Waals surface area contributed by atoms with Crippen LogP contribution in [-0.2, 0) is 0 Å². The van der Waals surface area contributed by atoms with Crippen LogP contribution in [0.25, 0.3) is 0 Å². The Labute approximate surface area is 115 Å². The van der Waals surface area contributed by atoms with Crippen LogP contribution < -0.4 is 20.7 Å². The molecule has 0 nitrogen and oxygen atoms in total. The zero-order valence-electron chi connectivity index (χ0n) is 13.2. The molecule has 0 spiro atoms. The van der Waals surface area contributed by atoms with Crippen molar-refractivity contribution in [2.75, 3.05) is 0 Å².